The predicted octanol–water partition coefficient (Wildman–Crippen LogP) is 5.56. The number of nitrogens with one attached hydrogen (secondary N) is 1. The SMILES string of the molecule is CNc1ccc(C(F)(F)F)cc1Oc1cccc(C(F)(F)F)c1. The maximum Gasteiger partial charge on any atom is 0.416 e. The second kappa shape index (κ2) is 6.02. The van der Waals surface area contributed by atoms with Gasteiger partial charge in [0, 0.05) is 7.05 Å². The molecule has 124 valence electrons. The number of rotatable bonds is 3. The van der Waals surface area contributed by atoms with E-state index in [2.05, 4.69) is 5.32 Å². The van der Waals surface area contributed by atoms with Crippen LogP contribution in [0.3, 0.4) is 0 Å². The Bertz CT molecular complexity index is 693. The number of anilines is 1. The van der Waals surface area contributed by atoms with Crippen LogP contribution in [0.15, 0.2) is 42.5 Å². The van der Waals surface area contributed by atoms with E-state index >= 15 is 0 Å². The molecule has 2 aromatic rings. The highest BCUT2D eigenvalue weighted by Gasteiger charge is 2.32. The molecular formula is C15H11F6NO. The van der Waals surface area contributed by atoms with Crippen LogP contribution in [-0.4, -0.2) is 7.05 Å². The summed E-state index contributed by atoms with van der Waals surface area (Å²) in [6.07, 6.45) is -9.16. The minimum absolute atomic E-state index is 0.212. The van der Waals surface area contributed by atoms with Crippen LogP contribution < -0.4 is 10.1 Å². The van der Waals surface area contributed by atoms with Gasteiger partial charge in [-0.05, 0) is 36.4 Å². The van der Waals surface area contributed by atoms with Crippen molar-refractivity contribution in [1.82, 2.24) is 0 Å². The molecule has 2 nitrogen and oxygen atoms in total. The number of alkyl halides is 6. The molecule has 0 fully saturated rings. The Morgan fingerprint density at radius 3 is 2.00 bits per heavy atom. The molecule has 1 N–H and O–H groups in total. The van der Waals surface area contributed by atoms with Crippen molar-refractivity contribution in [1.29, 1.82) is 0 Å². The topological polar surface area (TPSA) is 21.3 Å². The third-order valence-electron chi connectivity index (χ3n) is 2.97. The fourth-order valence-electron chi connectivity index (χ4n) is 1.85. The molecule has 0 unspecified atom stereocenters. The molecule has 23 heavy (non-hydrogen) atoms. The van der Waals surface area contributed by atoms with E-state index in [-0.39, 0.29) is 17.2 Å². The fourth-order valence-corrected chi connectivity index (χ4v) is 1.85. The van der Waals surface area contributed by atoms with Crippen LogP contribution in [-0.2, 0) is 12.4 Å². The van der Waals surface area contributed by atoms with Crippen LogP contribution in [0.25, 0.3) is 0 Å². The Labute approximate surface area is 127 Å². The van der Waals surface area contributed by atoms with E-state index in [1.54, 1.807) is 0 Å². The molecule has 0 amide bonds. The largest absolute Gasteiger partial charge is 0.455 e. The molecule has 0 aliphatic heterocycles. The van der Waals surface area contributed by atoms with Gasteiger partial charge < -0.3 is 10.1 Å². The van der Waals surface area contributed by atoms with Gasteiger partial charge in [-0.3, -0.25) is 0 Å². The van der Waals surface area contributed by atoms with E-state index in [0.717, 1.165) is 36.4 Å². The molecule has 0 aliphatic carbocycles. The first kappa shape index (κ1) is 17.0. The average Bonchev–Trinajstić information content (AvgIpc) is 2.45. The molecule has 0 saturated heterocycles. The fraction of sp³-hybridized carbons (Fsp3) is 0.200. The lowest BCUT2D eigenvalue weighted by molar-refractivity contribution is -0.138. The number of hydrogen-bond acceptors (Lipinski definition) is 2. The Morgan fingerprint density at radius 2 is 1.43 bits per heavy atom. The molecule has 0 radical (unpaired) electrons. The van der Waals surface area contributed by atoms with Gasteiger partial charge in [0.05, 0.1) is 16.8 Å². The maximum atomic E-state index is 12.7. The van der Waals surface area contributed by atoms with Crippen LogP contribution in [0.5, 0.6) is 11.5 Å². The van der Waals surface area contributed by atoms with E-state index in [0.29, 0.717) is 0 Å². The summed E-state index contributed by atoms with van der Waals surface area (Å²) < 4.78 is 81.4. The molecule has 0 aromatic heterocycles. The predicted molar refractivity (Wildman–Crippen MR) is 72.5 cm³/mol. The molecular weight excluding hydrogens is 324 g/mol. The summed E-state index contributed by atoms with van der Waals surface area (Å²) in [5, 5.41) is 2.62. The quantitative estimate of drug-likeness (QED) is 0.742. The van der Waals surface area contributed by atoms with Gasteiger partial charge in [-0.25, -0.2) is 0 Å². The Hall–Kier alpha value is -2.38. The maximum absolute atomic E-state index is 12.7. The highest BCUT2D eigenvalue weighted by molar-refractivity contribution is 5.59. The van der Waals surface area contributed by atoms with Crippen molar-refractivity contribution in [3.8, 4) is 11.5 Å². The smallest absolute Gasteiger partial charge is 0.416 e. The summed E-state index contributed by atoms with van der Waals surface area (Å²) in [4.78, 5) is 0. The van der Waals surface area contributed by atoms with E-state index in [1.807, 2.05) is 0 Å². The zero-order chi connectivity index (χ0) is 17.3. The third kappa shape index (κ3) is 4.08. The third-order valence-corrected chi connectivity index (χ3v) is 2.97. The minimum atomic E-state index is -4.59. The van der Waals surface area contributed by atoms with E-state index < -0.39 is 23.5 Å². The lowest BCUT2D eigenvalue weighted by atomic mass is 10.1. The molecule has 0 aliphatic rings. The number of ether oxygens (including phenoxy) is 1. The summed E-state index contributed by atoms with van der Waals surface area (Å²) in [6, 6.07) is 6.64. The zero-order valence-corrected chi connectivity index (χ0v) is 11.7. The van der Waals surface area contributed by atoms with Crippen molar-refractivity contribution in [2.45, 2.75) is 12.4 Å². The summed E-state index contributed by atoms with van der Waals surface area (Å²) >= 11 is 0. The summed E-state index contributed by atoms with van der Waals surface area (Å²) in [5.74, 6) is -0.433. The molecule has 0 saturated carbocycles. The lowest BCUT2D eigenvalue weighted by Crippen LogP contribution is -2.06. The van der Waals surface area contributed by atoms with E-state index in [9.17, 15) is 26.3 Å². The van der Waals surface area contributed by atoms with Gasteiger partial charge >= 0.3 is 12.4 Å². The van der Waals surface area contributed by atoms with Crippen LogP contribution in [0.2, 0.25) is 0 Å². The van der Waals surface area contributed by atoms with Crippen LogP contribution in [0.4, 0.5) is 32.0 Å². The van der Waals surface area contributed by atoms with Crippen molar-refractivity contribution < 1.29 is 31.1 Å². The number of halogens is 6. The molecule has 0 atom stereocenters. The zero-order valence-electron chi connectivity index (χ0n) is 11.7. The van der Waals surface area contributed by atoms with E-state index in [1.165, 1.54) is 13.1 Å². The molecule has 0 heterocycles. The first-order valence-corrected chi connectivity index (χ1v) is 6.35. The van der Waals surface area contributed by atoms with E-state index in [4.69, 9.17) is 4.74 Å². The van der Waals surface area contributed by atoms with Gasteiger partial charge in [0.15, 0.2) is 5.75 Å². The van der Waals surface area contributed by atoms with Crippen LogP contribution in [0, 0.1) is 0 Å². The second-order valence-corrected chi connectivity index (χ2v) is 4.59. The van der Waals surface area contributed by atoms with Gasteiger partial charge in [-0.2, -0.15) is 26.3 Å². The lowest BCUT2D eigenvalue weighted by Gasteiger charge is -2.15. The highest BCUT2D eigenvalue weighted by Crippen LogP contribution is 2.38. The standard InChI is InChI=1S/C15H11F6NO/c1-22-12-6-5-10(15(19,20)21)8-13(12)23-11-4-2-3-9(7-11)14(16,17)18/h2-8,22H,1H3. The molecule has 8 heteroatoms. The van der Waals surface area contributed by atoms with Crippen molar-refractivity contribution in [2.75, 3.05) is 12.4 Å². The molecule has 2 rings (SSSR count). The first-order chi connectivity index (χ1) is 10.6. The van der Waals surface area contributed by atoms with Crippen molar-refractivity contribution in [3.05, 3.63) is 53.6 Å². The molecule has 2 aromatic carbocycles. The normalized spacial score (nSPS) is 12.1. The number of hydrogen-bond donors (Lipinski definition) is 1. The molecule has 0 spiro atoms. The van der Waals surface area contributed by atoms with Crippen LogP contribution >= 0.6 is 0 Å². The van der Waals surface area contributed by atoms with Gasteiger partial charge in [-0.1, -0.05) is 6.07 Å². The van der Waals surface area contributed by atoms with Crippen molar-refractivity contribution in [2.24, 2.45) is 0 Å². The second-order valence-electron chi connectivity index (χ2n) is 4.59. The Kier molecular flexibility index (Phi) is 4.44. The first-order valence-electron chi connectivity index (χ1n) is 6.35. The van der Waals surface area contributed by atoms with Gasteiger partial charge in [-0.15, -0.1) is 0 Å². The minimum Gasteiger partial charge on any atom is -0.455 e. The Morgan fingerprint density at radius 1 is 0.826 bits per heavy atom. The van der Waals surface area contributed by atoms with Crippen LogP contribution in [0.1, 0.15) is 11.1 Å². The van der Waals surface area contributed by atoms with Gasteiger partial charge in [0.1, 0.15) is 5.75 Å². The van der Waals surface area contributed by atoms with Crippen molar-refractivity contribution in [3.63, 3.8) is 0 Å². The van der Waals surface area contributed by atoms with Crippen molar-refractivity contribution >= 4 is 5.69 Å². The Balaban J connectivity index is 2.39. The summed E-state index contributed by atoms with van der Waals surface area (Å²) in [7, 11) is 1.46. The highest BCUT2D eigenvalue weighted by atomic mass is 19.4. The number of benzene rings is 2. The average molecular weight is 335 g/mol. The summed E-state index contributed by atoms with van der Waals surface area (Å²) in [6.45, 7) is 0. The van der Waals surface area contributed by atoms with Gasteiger partial charge in [0.25, 0.3) is 0 Å². The summed E-state index contributed by atoms with van der Waals surface area (Å²) in [5.41, 5.74) is -1.69. The van der Waals surface area contributed by atoms with Gasteiger partial charge in [0.2, 0.25) is 0 Å². The monoisotopic (exact) mass is 335 g/mol. The molecule has 0 bridgehead atoms.